The quantitative estimate of drug-likeness (QED) is 0.113. The van der Waals surface area contributed by atoms with E-state index in [4.69, 9.17) is 37.3 Å². The van der Waals surface area contributed by atoms with Crippen molar-refractivity contribution in [1.29, 1.82) is 0 Å². The highest BCUT2D eigenvalue weighted by Gasteiger charge is 2.27. The van der Waals surface area contributed by atoms with Crippen LogP contribution in [0.5, 0.6) is 34.5 Å². The summed E-state index contributed by atoms with van der Waals surface area (Å²) in [5, 5.41) is -0.357. The standard InChI is InChI=1S/C41H30O15/c1-19(42)50-27-14-34(52-21(3)44)39-29(47)16-33(55-35(39)15-27)25-9-12-31(51-20(2)43)28(13-25)38-36(53-22(4)45)18-37(54-23(5)46)40-30(48)17-32(56-41(38)40)24-7-10-26(49-6)11-8-24/h7-18H,1-6H3. The molecule has 0 amide bonds. The van der Waals surface area contributed by atoms with Crippen molar-refractivity contribution in [2.24, 2.45) is 0 Å². The van der Waals surface area contributed by atoms with Crippen LogP contribution in [0.2, 0.25) is 0 Å². The highest BCUT2D eigenvalue weighted by atomic mass is 16.6. The van der Waals surface area contributed by atoms with Gasteiger partial charge in [0.25, 0.3) is 0 Å². The second-order valence-corrected chi connectivity index (χ2v) is 12.1. The average molecular weight is 763 g/mol. The number of esters is 5. The largest absolute Gasteiger partial charge is 0.497 e. The summed E-state index contributed by atoms with van der Waals surface area (Å²) in [5.74, 6) is -4.25. The summed E-state index contributed by atoms with van der Waals surface area (Å²) in [5.41, 5.74) is -1.13. The lowest BCUT2D eigenvalue weighted by Gasteiger charge is -2.18. The fourth-order valence-corrected chi connectivity index (χ4v) is 5.85. The molecular formula is C41H30O15. The molecule has 284 valence electrons. The van der Waals surface area contributed by atoms with Gasteiger partial charge in [-0.1, -0.05) is 0 Å². The van der Waals surface area contributed by atoms with Crippen molar-refractivity contribution < 1.29 is 61.2 Å². The third kappa shape index (κ3) is 8.01. The molecule has 0 radical (unpaired) electrons. The lowest BCUT2D eigenvalue weighted by atomic mass is 9.96. The van der Waals surface area contributed by atoms with Crippen LogP contribution in [0.1, 0.15) is 34.6 Å². The first-order valence-corrected chi connectivity index (χ1v) is 16.6. The first-order valence-electron chi connectivity index (χ1n) is 16.6. The number of ether oxygens (including phenoxy) is 6. The third-order valence-electron chi connectivity index (χ3n) is 7.88. The predicted molar refractivity (Wildman–Crippen MR) is 198 cm³/mol. The molecule has 2 aromatic heterocycles. The Morgan fingerprint density at radius 1 is 0.482 bits per heavy atom. The predicted octanol–water partition coefficient (Wildman–Crippen LogP) is 6.54. The van der Waals surface area contributed by atoms with Gasteiger partial charge in [-0.25, -0.2) is 0 Å². The molecule has 6 rings (SSSR count). The second-order valence-electron chi connectivity index (χ2n) is 12.1. The Labute approximate surface area is 315 Å². The van der Waals surface area contributed by atoms with Gasteiger partial charge in [-0.05, 0) is 42.5 Å². The Morgan fingerprint density at radius 3 is 1.59 bits per heavy atom. The van der Waals surface area contributed by atoms with Crippen LogP contribution < -0.4 is 39.3 Å². The number of hydrogen-bond donors (Lipinski definition) is 0. The van der Waals surface area contributed by atoms with Crippen LogP contribution in [-0.2, 0) is 24.0 Å². The van der Waals surface area contributed by atoms with E-state index in [-0.39, 0.29) is 78.9 Å². The Hall–Kier alpha value is -7.55. The van der Waals surface area contributed by atoms with Crippen LogP contribution in [0, 0.1) is 0 Å². The zero-order chi connectivity index (χ0) is 40.4. The van der Waals surface area contributed by atoms with Crippen LogP contribution >= 0.6 is 0 Å². The molecule has 0 N–H and O–H groups in total. The summed E-state index contributed by atoms with van der Waals surface area (Å²) in [6, 6.07) is 16.7. The second kappa shape index (κ2) is 15.4. The highest BCUT2D eigenvalue weighted by molar-refractivity contribution is 6.03. The van der Waals surface area contributed by atoms with Crippen molar-refractivity contribution in [1.82, 2.24) is 0 Å². The molecule has 6 aromatic rings. The van der Waals surface area contributed by atoms with E-state index in [1.54, 1.807) is 24.3 Å². The van der Waals surface area contributed by atoms with Gasteiger partial charge in [0.1, 0.15) is 62.4 Å². The first-order chi connectivity index (χ1) is 26.6. The van der Waals surface area contributed by atoms with Gasteiger partial charge in [0.2, 0.25) is 0 Å². The van der Waals surface area contributed by atoms with E-state index in [2.05, 4.69) is 0 Å². The van der Waals surface area contributed by atoms with Gasteiger partial charge in [-0.3, -0.25) is 33.6 Å². The maximum atomic E-state index is 13.9. The number of carbonyl (C=O) groups excluding carboxylic acids is 5. The van der Waals surface area contributed by atoms with E-state index in [1.807, 2.05) is 0 Å². The van der Waals surface area contributed by atoms with Crippen molar-refractivity contribution in [2.45, 2.75) is 34.6 Å². The maximum absolute atomic E-state index is 13.9. The van der Waals surface area contributed by atoms with Gasteiger partial charge in [-0.15, -0.1) is 0 Å². The number of benzene rings is 4. The fraction of sp³-hybridized carbons (Fsp3) is 0.146. The number of carbonyl (C=O) groups is 5. The van der Waals surface area contributed by atoms with Crippen LogP contribution in [0.3, 0.4) is 0 Å². The van der Waals surface area contributed by atoms with Gasteiger partial charge in [-0.2, -0.15) is 0 Å². The molecule has 0 fully saturated rings. The smallest absolute Gasteiger partial charge is 0.308 e. The van der Waals surface area contributed by atoms with E-state index in [9.17, 15) is 33.6 Å². The molecule has 0 spiro atoms. The SMILES string of the molecule is COc1ccc(-c2cc(=O)c3c(OC(C)=O)cc(OC(C)=O)c(-c4cc(-c5cc(=O)c6c(OC(C)=O)cc(OC(C)=O)cc6o5)ccc4OC(C)=O)c3o2)cc1. The number of hydrogen-bond acceptors (Lipinski definition) is 15. The topological polar surface area (TPSA) is 201 Å². The molecule has 4 aromatic carbocycles. The first kappa shape index (κ1) is 38.2. The summed E-state index contributed by atoms with van der Waals surface area (Å²) in [7, 11) is 1.49. The Morgan fingerprint density at radius 2 is 1.00 bits per heavy atom. The van der Waals surface area contributed by atoms with Crippen molar-refractivity contribution in [3.63, 3.8) is 0 Å². The summed E-state index contributed by atoms with van der Waals surface area (Å²) in [4.78, 5) is 88.4. The highest BCUT2D eigenvalue weighted by Crippen LogP contribution is 2.47. The number of methoxy groups -OCH3 is 1. The van der Waals surface area contributed by atoms with E-state index < -0.39 is 40.7 Å². The van der Waals surface area contributed by atoms with Crippen molar-refractivity contribution >= 4 is 51.8 Å². The summed E-state index contributed by atoms with van der Waals surface area (Å²) >= 11 is 0. The van der Waals surface area contributed by atoms with Crippen LogP contribution in [0.25, 0.3) is 55.7 Å². The monoisotopic (exact) mass is 762 g/mol. The van der Waals surface area contributed by atoms with Crippen molar-refractivity contribution in [3.05, 3.63) is 93.2 Å². The number of fused-ring (bicyclic) bond motifs is 2. The van der Waals surface area contributed by atoms with E-state index >= 15 is 0 Å². The molecule has 15 heteroatoms. The van der Waals surface area contributed by atoms with Crippen LogP contribution in [0.15, 0.2) is 91.2 Å². The lowest BCUT2D eigenvalue weighted by molar-refractivity contribution is -0.133. The van der Waals surface area contributed by atoms with Gasteiger partial charge < -0.3 is 37.3 Å². The molecule has 15 nitrogen and oxygen atoms in total. The molecule has 0 bridgehead atoms. The van der Waals surface area contributed by atoms with E-state index in [1.165, 1.54) is 43.5 Å². The van der Waals surface area contributed by atoms with Crippen molar-refractivity contribution in [2.75, 3.05) is 7.11 Å². The zero-order valence-electron chi connectivity index (χ0n) is 30.6. The lowest BCUT2D eigenvalue weighted by Crippen LogP contribution is -2.11. The van der Waals surface area contributed by atoms with Crippen LogP contribution in [-0.4, -0.2) is 37.0 Å². The molecule has 56 heavy (non-hydrogen) atoms. The Bertz CT molecular complexity index is 2740. The molecular weight excluding hydrogens is 732 g/mol. The number of rotatable bonds is 9. The molecule has 0 saturated heterocycles. The molecule has 0 aliphatic rings. The minimum absolute atomic E-state index is 0.000340. The third-order valence-corrected chi connectivity index (χ3v) is 7.88. The van der Waals surface area contributed by atoms with E-state index in [0.717, 1.165) is 46.8 Å². The summed E-state index contributed by atoms with van der Waals surface area (Å²) in [6.45, 7) is 5.66. The van der Waals surface area contributed by atoms with Gasteiger partial charge in [0.05, 0.1) is 12.7 Å². The Balaban J connectivity index is 1.70. The maximum Gasteiger partial charge on any atom is 0.308 e. The Kier molecular flexibility index (Phi) is 10.5. The molecule has 2 heterocycles. The van der Waals surface area contributed by atoms with Gasteiger partial charge >= 0.3 is 29.8 Å². The van der Waals surface area contributed by atoms with Crippen molar-refractivity contribution in [3.8, 4) is 68.3 Å². The average Bonchev–Trinajstić information content (AvgIpc) is 3.10. The minimum atomic E-state index is -0.814. The normalized spacial score (nSPS) is 10.8. The van der Waals surface area contributed by atoms with Crippen LogP contribution in [0.4, 0.5) is 0 Å². The fourth-order valence-electron chi connectivity index (χ4n) is 5.85. The zero-order valence-corrected chi connectivity index (χ0v) is 30.6. The molecule has 0 aliphatic heterocycles. The van der Waals surface area contributed by atoms with Gasteiger partial charge in [0, 0.05) is 81.6 Å². The minimum Gasteiger partial charge on any atom is -0.497 e. The molecule has 0 unspecified atom stereocenters. The summed E-state index contributed by atoms with van der Waals surface area (Å²) < 4.78 is 44.8. The summed E-state index contributed by atoms with van der Waals surface area (Å²) in [6.07, 6.45) is 0. The van der Waals surface area contributed by atoms with E-state index in [0.29, 0.717) is 11.3 Å². The van der Waals surface area contributed by atoms with Gasteiger partial charge in [0.15, 0.2) is 16.4 Å². The molecule has 0 saturated carbocycles. The molecule has 0 aliphatic carbocycles. The molecule has 0 atom stereocenters.